The molecule has 2 aromatic carbocycles. The SMILES string of the molecule is CCCCCCCCCCCCC(C#N)(CCCN(C)C(C)c1cccc(OCC(=O)NCC(C)O[N+](=O)[O-])c1)c1cc(OC)c(OC)c(OC)c1. The lowest BCUT2D eigenvalue weighted by molar-refractivity contribution is -0.767. The van der Waals surface area contributed by atoms with Crippen LogP contribution in [0.5, 0.6) is 23.0 Å². The molecule has 1 amide bonds. The predicted octanol–water partition coefficient (Wildman–Crippen LogP) is 8.35. The summed E-state index contributed by atoms with van der Waals surface area (Å²) in [5.74, 6) is 1.74. The number of unbranched alkanes of at least 4 members (excludes halogenated alkanes) is 9. The summed E-state index contributed by atoms with van der Waals surface area (Å²) in [6.45, 7) is 6.38. The first-order valence-electron chi connectivity index (χ1n) is 18.8. The Hall–Kier alpha value is -4.24. The Bertz CT molecular complexity index is 1370. The summed E-state index contributed by atoms with van der Waals surface area (Å²) in [7, 11) is 6.84. The van der Waals surface area contributed by atoms with Crippen molar-refractivity contribution >= 4 is 5.91 Å². The normalized spacial score (nSPS) is 13.4. The van der Waals surface area contributed by atoms with E-state index in [4.69, 9.17) is 18.9 Å². The smallest absolute Gasteiger partial charge is 0.294 e. The van der Waals surface area contributed by atoms with Gasteiger partial charge in [0.25, 0.3) is 11.0 Å². The van der Waals surface area contributed by atoms with E-state index in [2.05, 4.69) is 42.0 Å². The van der Waals surface area contributed by atoms with E-state index in [1.165, 1.54) is 58.3 Å². The second kappa shape index (κ2) is 24.1. The predicted molar refractivity (Wildman–Crippen MR) is 203 cm³/mol. The molecule has 0 spiro atoms. The fourth-order valence-corrected chi connectivity index (χ4v) is 6.45. The molecule has 0 heterocycles. The Morgan fingerprint density at radius 1 is 0.923 bits per heavy atom. The second-order valence-electron chi connectivity index (χ2n) is 13.6. The summed E-state index contributed by atoms with van der Waals surface area (Å²) in [6.07, 6.45) is 13.7. The number of rotatable bonds is 28. The molecule has 0 aliphatic heterocycles. The lowest BCUT2D eigenvalue weighted by atomic mass is 9.73. The number of ether oxygens (including phenoxy) is 4. The highest BCUT2D eigenvalue weighted by atomic mass is 17.0. The molecule has 0 saturated carbocycles. The molecule has 2 aromatic rings. The maximum atomic E-state index is 12.2. The van der Waals surface area contributed by atoms with Gasteiger partial charge in [-0.3, -0.25) is 9.69 Å². The van der Waals surface area contributed by atoms with Gasteiger partial charge in [0.2, 0.25) is 5.75 Å². The van der Waals surface area contributed by atoms with E-state index in [-0.39, 0.29) is 19.2 Å². The van der Waals surface area contributed by atoms with Crippen LogP contribution in [0.15, 0.2) is 36.4 Å². The van der Waals surface area contributed by atoms with E-state index in [1.807, 2.05) is 30.3 Å². The summed E-state index contributed by atoms with van der Waals surface area (Å²) in [6, 6.07) is 14.2. The molecule has 3 unspecified atom stereocenters. The monoisotopic (exact) mass is 726 g/mol. The van der Waals surface area contributed by atoms with Gasteiger partial charge >= 0.3 is 0 Å². The summed E-state index contributed by atoms with van der Waals surface area (Å²) in [5, 5.41) is 23.0. The molecule has 12 heteroatoms. The van der Waals surface area contributed by atoms with Gasteiger partial charge in [-0.1, -0.05) is 83.3 Å². The van der Waals surface area contributed by atoms with Crippen LogP contribution in [0.25, 0.3) is 0 Å². The first-order chi connectivity index (χ1) is 25.0. The molecule has 290 valence electrons. The number of amides is 1. The zero-order chi connectivity index (χ0) is 38.4. The first-order valence-corrected chi connectivity index (χ1v) is 18.8. The molecular formula is C40H62N4O8. The molecule has 0 radical (unpaired) electrons. The largest absolute Gasteiger partial charge is 0.493 e. The van der Waals surface area contributed by atoms with E-state index in [9.17, 15) is 20.2 Å². The lowest BCUT2D eigenvalue weighted by Crippen LogP contribution is -2.36. The number of methoxy groups -OCH3 is 3. The third kappa shape index (κ3) is 14.8. The molecule has 0 fully saturated rings. The number of hydrogen-bond donors (Lipinski definition) is 1. The minimum absolute atomic E-state index is 0.00304. The second-order valence-corrected chi connectivity index (χ2v) is 13.6. The van der Waals surface area contributed by atoms with Crippen molar-refractivity contribution in [1.29, 1.82) is 5.26 Å². The summed E-state index contributed by atoms with van der Waals surface area (Å²) in [4.78, 5) is 29.3. The van der Waals surface area contributed by atoms with Gasteiger partial charge in [0.05, 0.1) is 32.8 Å². The van der Waals surface area contributed by atoms with E-state index in [0.29, 0.717) is 29.4 Å². The van der Waals surface area contributed by atoms with Gasteiger partial charge in [0.15, 0.2) is 18.1 Å². The Morgan fingerprint density at radius 3 is 2.08 bits per heavy atom. The van der Waals surface area contributed by atoms with Crippen molar-refractivity contribution < 1.29 is 33.7 Å². The highest BCUT2D eigenvalue weighted by Gasteiger charge is 2.34. The minimum atomic E-state index is -0.883. The number of nitrogens with one attached hydrogen (secondary N) is 1. The number of benzene rings is 2. The van der Waals surface area contributed by atoms with Crippen LogP contribution in [0.4, 0.5) is 0 Å². The molecule has 0 aromatic heterocycles. The van der Waals surface area contributed by atoms with Gasteiger partial charge in [-0.15, -0.1) is 10.1 Å². The van der Waals surface area contributed by atoms with Crippen LogP contribution in [-0.2, 0) is 15.0 Å². The highest BCUT2D eigenvalue weighted by molar-refractivity contribution is 5.77. The summed E-state index contributed by atoms with van der Waals surface area (Å²) in [5.41, 5.74) is 1.18. The fraction of sp³-hybridized carbons (Fsp3) is 0.650. The Balaban J connectivity index is 2.07. The van der Waals surface area contributed by atoms with Gasteiger partial charge in [-0.25, -0.2) is 0 Å². The third-order valence-corrected chi connectivity index (χ3v) is 9.73. The number of nitrogens with zero attached hydrogens (tertiary/aromatic N) is 3. The molecule has 0 saturated heterocycles. The molecular weight excluding hydrogens is 664 g/mol. The number of carbonyl (C=O) groups is 1. The van der Waals surface area contributed by atoms with Crippen LogP contribution in [0.1, 0.15) is 121 Å². The molecule has 3 atom stereocenters. The molecule has 12 nitrogen and oxygen atoms in total. The zero-order valence-electron chi connectivity index (χ0n) is 32.5. The van der Waals surface area contributed by atoms with Gasteiger partial charge < -0.3 is 29.1 Å². The van der Waals surface area contributed by atoms with Crippen molar-refractivity contribution in [1.82, 2.24) is 10.2 Å². The van der Waals surface area contributed by atoms with Crippen LogP contribution < -0.4 is 24.3 Å². The van der Waals surface area contributed by atoms with E-state index in [0.717, 1.165) is 43.4 Å². The van der Waals surface area contributed by atoms with Gasteiger partial charge in [-0.05, 0) is 82.1 Å². The zero-order valence-corrected chi connectivity index (χ0v) is 32.5. The summed E-state index contributed by atoms with van der Waals surface area (Å²) < 4.78 is 22.7. The molecule has 2 rings (SSSR count). The Morgan fingerprint density at radius 2 is 1.52 bits per heavy atom. The average Bonchev–Trinajstić information content (AvgIpc) is 3.15. The maximum absolute atomic E-state index is 12.2. The highest BCUT2D eigenvalue weighted by Crippen LogP contribution is 2.44. The van der Waals surface area contributed by atoms with Crippen LogP contribution in [0.2, 0.25) is 0 Å². The Kier molecular flexibility index (Phi) is 20.3. The van der Waals surface area contributed by atoms with Crippen molar-refractivity contribution in [3.63, 3.8) is 0 Å². The van der Waals surface area contributed by atoms with Gasteiger partial charge in [0, 0.05) is 12.6 Å². The average molecular weight is 727 g/mol. The van der Waals surface area contributed by atoms with Crippen LogP contribution in [0, 0.1) is 21.4 Å². The number of carbonyl (C=O) groups excluding carboxylic acids is 1. The van der Waals surface area contributed by atoms with Crippen LogP contribution >= 0.6 is 0 Å². The molecule has 1 N–H and O–H groups in total. The quantitative estimate of drug-likeness (QED) is 0.0516. The maximum Gasteiger partial charge on any atom is 0.294 e. The summed E-state index contributed by atoms with van der Waals surface area (Å²) >= 11 is 0. The first kappa shape index (κ1) is 43.9. The van der Waals surface area contributed by atoms with Crippen LogP contribution in [0.3, 0.4) is 0 Å². The van der Waals surface area contributed by atoms with E-state index < -0.39 is 22.5 Å². The number of hydrogen-bond acceptors (Lipinski definition) is 10. The Labute approximate surface area is 311 Å². The van der Waals surface area contributed by atoms with Crippen molar-refractivity contribution in [3.8, 4) is 29.1 Å². The molecule has 52 heavy (non-hydrogen) atoms. The van der Waals surface area contributed by atoms with E-state index in [1.54, 1.807) is 27.4 Å². The van der Waals surface area contributed by atoms with Crippen molar-refractivity contribution in [3.05, 3.63) is 57.6 Å². The molecule has 0 bridgehead atoms. The molecule has 0 aliphatic rings. The van der Waals surface area contributed by atoms with Crippen LogP contribution in [-0.4, -0.2) is 70.1 Å². The number of nitriles is 1. The third-order valence-electron chi connectivity index (χ3n) is 9.73. The van der Waals surface area contributed by atoms with Crippen molar-refractivity contribution in [2.75, 3.05) is 48.1 Å². The molecule has 0 aliphatic carbocycles. The van der Waals surface area contributed by atoms with Gasteiger partial charge in [0.1, 0.15) is 11.9 Å². The fourth-order valence-electron chi connectivity index (χ4n) is 6.45. The van der Waals surface area contributed by atoms with Crippen molar-refractivity contribution in [2.45, 2.75) is 122 Å². The minimum Gasteiger partial charge on any atom is -0.493 e. The lowest BCUT2D eigenvalue weighted by Gasteiger charge is -2.31. The van der Waals surface area contributed by atoms with Crippen molar-refractivity contribution in [2.24, 2.45) is 0 Å². The topological polar surface area (TPSA) is 145 Å². The van der Waals surface area contributed by atoms with Gasteiger partial charge in [-0.2, -0.15) is 5.26 Å². The standard InChI is InChI=1S/C40H62N4O8/c1-8-9-10-11-12-13-14-15-16-17-22-40(30-41,34-26-36(48-5)39(50-7)37(27-34)49-6)23-19-24-43(4)32(3)33-20-18-21-35(25-33)51-29-38(45)42-28-31(2)52-44(46)47/h18,20-21,25-27,31-32H,8-17,19,22-24,28-29H2,1-7H3,(H,42,45). The van der Waals surface area contributed by atoms with E-state index >= 15 is 0 Å².